The number of hydrogen-bond acceptors (Lipinski definition) is 1. The van der Waals surface area contributed by atoms with E-state index in [0.29, 0.717) is 11.5 Å². The Labute approximate surface area is 129 Å². The van der Waals surface area contributed by atoms with Gasteiger partial charge in [-0.25, -0.2) is 0 Å². The molecular formula is C15H21ClIN. The summed E-state index contributed by atoms with van der Waals surface area (Å²) >= 11 is 8.34. The van der Waals surface area contributed by atoms with Gasteiger partial charge in [0, 0.05) is 20.3 Å². The van der Waals surface area contributed by atoms with Crippen LogP contribution in [-0.2, 0) is 0 Å². The molecule has 0 aliphatic heterocycles. The minimum atomic E-state index is 0.517. The van der Waals surface area contributed by atoms with Crippen molar-refractivity contribution >= 4 is 39.9 Å². The number of anilines is 1. The molecule has 1 N–H and O–H groups in total. The van der Waals surface area contributed by atoms with Gasteiger partial charge in [-0.3, -0.25) is 0 Å². The zero-order valence-electron chi connectivity index (χ0n) is 11.1. The molecular weight excluding hydrogens is 357 g/mol. The average Bonchev–Trinajstić information content (AvgIpc) is 2.44. The van der Waals surface area contributed by atoms with Gasteiger partial charge in [-0.05, 0) is 71.9 Å². The molecule has 1 unspecified atom stereocenters. The topological polar surface area (TPSA) is 12.0 Å². The molecule has 0 amide bonds. The highest BCUT2D eigenvalue weighted by atomic mass is 127. The van der Waals surface area contributed by atoms with Crippen molar-refractivity contribution in [3.63, 3.8) is 0 Å². The van der Waals surface area contributed by atoms with Crippen LogP contribution >= 0.6 is 34.2 Å². The summed E-state index contributed by atoms with van der Waals surface area (Å²) in [5, 5.41) is 4.50. The lowest BCUT2D eigenvalue weighted by atomic mass is 9.85. The largest absolute Gasteiger partial charge is 0.381 e. The van der Waals surface area contributed by atoms with Gasteiger partial charge < -0.3 is 5.32 Å². The smallest absolute Gasteiger partial charge is 0.0479 e. The second kappa shape index (κ2) is 6.00. The van der Waals surface area contributed by atoms with Crippen LogP contribution in [0, 0.1) is 8.99 Å². The Morgan fingerprint density at radius 3 is 2.78 bits per heavy atom. The molecule has 0 aromatic heterocycles. The van der Waals surface area contributed by atoms with Crippen molar-refractivity contribution < 1.29 is 0 Å². The van der Waals surface area contributed by atoms with E-state index in [4.69, 9.17) is 11.6 Å². The lowest BCUT2D eigenvalue weighted by Gasteiger charge is -2.22. The van der Waals surface area contributed by atoms with Crippen LogP contribution in [0.5, 0.6) is 0 Å². The van der Waals surface area contributed by atoms with E-state index in [9.17, 15) is 0 Å². The molecule has 0 saturated heterocycles. The van der Waals surface area contributed by atoms with Gasteiger partial charge in [0.25, 0.3) is 0 Å². The Morgan fingerprint density at radius 1 is 1.28 bits per heavy atom. The Hall–Kier alpha value is 0.0400. The molecule has 3 heteroatoms. The molecule has 18 heavy (non-hydrogen) atoms. The third kappa shape index (κ3) is 4.02. The first-order valence-corrected chi connectivity index (χ1v) is 8.13. The van der Waals surface area contributed by atoms with E-state index in [1.165, 1.54) is 41.4 Å². The van der Waals surface area contributed by atoms with E-state index >= 15 is 0 Å². The Bertz CT molecular complexity index is 417. The molecule has 1 aliphatic carbocycles. The minimum absolute atomic E-state index is 0.517. The fourth-order valence-corrected chi connectivity index (χ4v) is 3.66. The summed E-state index contributed by atoms with van der Waals surface area (Å²) in [5.74, 6) is 0. The van der Waals surface area contributed by atoms with Gasteiger partial charge in [-0.15, -0.1) is 0 Å². The molecule has 1 atom stereocenters. The summed E-state index contributed by atoms with van der Waals surface area (Å²) in [6.07, 6.45) is 6.54. The van der Waals surface area contributed by atoms with Gasteiger partial charge in [0.05, 0.1) is 0 Å². The van der Waals surface area contributed by atoms with Crippen LogP contribution in [0.25, 0.3) is 0 Å². The molecule has 1 nitrogen and oxygen atoms in total. The molecule has 0 spiro atoms. The Kier molecular flexibility index (Phi) is 4.81. The molecule has 0 heterocycles. The SMILES string of the molecule is CC1(C)CCCC(Nc2ccc(Cl)cc2I)CC1. The first kappa shape index (κ1) is 14.4. The van der Waals surface area contributed by atoms with Crippen molar-refractivity contribution in [2.45, 2.75) is 52.0 Å². The normalized spacial score (nSPS) is 23.4. The molecule has 1 fully saturated rings. The maximum absolute atomic E-state index is 5.99. The summed E-state index contributed by atoms with van der Waals surface area (Å²) in [5.41, 5.74) is 1.74. The number of hydrogen-bond donors (Lipinski definition) is 1. The molecule has 1 aromatic carbocycles. The first-order valence-electron chi connectivity index (χ1n) is 6.68. The summed E-state index contributed by atoms with van der Waals surface area (Å²) in [7, 11) is 0. The summed E-state index contributed by atoms with van der Waals surface area (Å²) in [4.78, 5) is 0. The van der Waals surface area contributed by atoms with Crippen molar-refractivity contribution in [3.05, 3.63) is 26.8 Å². The summed E-state index contributed by atoms with van der Waals surface area (Å²) in [6.45, 7) is 4.78. The molecule has 0 bridgehead atoms. The van der Waals surface area contributed by atoms with E-state index in [-0.39, 0.29) is 0 Å². The maximum Gasteiger partial charge on any atom is 0.0479 e. The number of nitrogens with one attached hydrogen (secondary N) is 1. The van der Waals surface area contributed by atoms with Gasteiger partial charge in [0.15, 0.2) is 0 Å². The van der Waals surface area contributed by atoms with Crippen LogP contribution in [-0.4, -0.2) is 6.04 Å². The van der Waals surface area contributed by atoms with Crippen LogP contribution in [0.4, 0.5) is 5.69 Å². The second-order valence-electron chi connectivity index (χ2n) is 6.06. The summed E-state index contributed by atoms with van der Waals surface area (Å²) < 4.78 is 1.21. The fourth-order valence-electron chi connectivity index (χ4n) is 2.63. The zero-order chi connectivity index (χ0) is 13.2. The van der Waals surface area contributed by atoms with Gasteiger partial charge in [-0.2, -0.15) is 0 Å². The fraction of sp³-hybridized carbons (Fsp3) is 0.600. The lowest BCUT2D eigenvalue weighted by molar-refractivity contribution is 0.313. The standard InChI is InChI=1S/C15H21ClIN/c1-15(2)8-3-4-12(7-9-15)18-14-6-5-11(16)10-13(14)17/h5-6,10,12,18H,3-4,7-9H2,1-2H3. The number of benzene rings is 1. The van der Waals surface area contributed by atoms with E-state index < -0.39 is 0 Å². The van der Waals surface area contributed by atoms with Gasteiger partial charge in [-0.1, -0.05) is 31.9 Å². The van der Waals surface area contributed by atoms with Gasteiger partial charge in [0.2, 0.25) is 0 Å². The van der Waals surface area contributed by atoms with Gasteiger partial charge >= 0.3 is 0 Å². The first-order chi connectivity index (χ1) is 8.46. The third-order valence-corrected chi connectivity index (χ3v) is 4.99. The molecule has 1 saturated carbocycles. The highest BCUT2D eigenvalue weighted by Crippen LogP contribution is 2.35. The van der Waals surface area contributed by atoms with Crippen LogP contribution in [0.15, 0.2) is 18.2 Å². The van der Waals surface area contributed by atoms with E-state index in [2.05, 4.69) is 47.8 Å². The molecule has 0 radical (unpaired) electrons. The quantitative estimate of drug-likeness (QED) is 0.514. The van der Waals surface area contributed by atoms with Crippen molar-refractivity contribution in [2.24, 2.45) is 5.41 Å². The van der Waals surface area contributed by atoms with Crippen LogP contribution in [0.3, 0.4) is 0 Å². The number of rotatable bonds is 2. The second-order valence-corrected chi connectivity index (χ2v) is 7.66. The van der Waals surface area contributed by atoms with Crippen molar-refractivity contribution in [1.29, 1.82) is 0 Å². The molecule has 100 valence electrons. The molecule has 1 aliphatic rings. The van der Waals surface area contributed by atoms with E-state index in [0.717, 1.165) is 5.02 Å². The van der Waals surface area contributed by atoms with Crippen molar-refractivity contribution in [2.75, 3.05) is 5.32 Å². The van der Waals surface area contributed by atoms with Crippen molar-refractivity contribution in [1.82, 2.24) is 0 Å². The average molecular weight is 378 g/mol. The molecule has 2 rings (SSSR count). The lowest BCUT2D eigenvalue weighted by Crippen LogP contribution is -2.19. The van der Waals surface area contributed by atoms with Crippen molar-refractivity contribution in [3.8, 4) is 0 Å². The monoisotopic (exact) mass is 377 g/mol. The summed E-state index contributed by atoms with van der Waals surface area (Å²) in [6, 6.07) is 6.69. The Balaban J connectivity index is 2.01. The third-order valence-electron chi connectivity index (χ3n) is 3.87. The zero-order valence-corrected chi connectivity index (χ0v) is 14.0. The molecule has 1 aromatic rings. The number of halogens is 2. The van der Waals surface area contributed by atoms with E-state index in [1.807, 2.05) is 12.1 Å². The van der Waals surface area contributed by atoms with E-state index in [1.54, 1.807) is 0 Å². The Morgan fingerprint density at radius 2 is 2.06 bits per heavy atom. The predicted molar refractivity (Wildman–Crippen MR) is 88.4 cm³/mol. The minimum Gasteiger partial charge on any atom is -0.381 e. The van der Waals surface area contributed by atoms with Crippen LogP contribution in [0.2, 0.25) is 5.02 Å². The van der Waals surface area contributed by atoms with Crippen LogP contribution < -0.4 is 5.32 Å². The predicted octanol–water partition coefficient (Wildman–Crippen LogP) is 5.72. The highest BCUT2D eigenvalue weighted by Gasteiger charge is 2.24. The highest BCUT2D eigenvalue weighted by molar-refractivity contribution is 14.1. The van der Waals surface area contributed by atoms with Gasteiger partial charge in [0.1, 0.15) is 0 Å². The van der Waals surface area contributed by atoms with Crippen LogP contribution in [0.1, 0.15) is 46.0 Å². The maximum atomic E-state index is 5.99.